The van der Waals surface area contributed by atoms with Crippen LogP contribution in [0.25, 0.3) is 0 Å². The van der Waals surface area contributed by atoms with Crippen molar-refractivity contribution in [1.82, 2.24) is 0 Å². The average Bonchev–Trinajstić information content (AvgIpc) is 1.97. The Morgan fingerprint density at radius 3 is 2.27 bits per heavy atom. The maximum Gasteiger partial charge on any atom is 0.229 e. The highest BCUT2D eigenvalue weighted by Gasteiger charge is 2.22. The second-order valence-electron chi connectivity index (χ2n) is 2.47. The molecule has 0 radical (unpaired) electrons. The summed E-state index contributed by atoms with van der Waals surface area (Å²) in [6.07, 6.45) is 0.949. The number of rotatable bonds is 0. The molecule has 1 aliphatic carbocycles. The molecule has 0 aromatic rings. The summed E-state index contributed by atoms with van der Waals surface area (Å²) in [5, 5.41) is 9.07. The van der Waals surface area contributed by atoms with Gasteiger partial charge in [-0.25, -0.2) is 0 Å². The SMILES string of the molecule is CC1=C(C)C(O)=CC(=O)C1=O. The van der Waals surface area contributed by atoms with E-state index in [0.29, 0.717) is 11.1 Å². The molecule has 1 N–H and O–H groups in total. The largest absolute Gasteiger partial charge is 0.508 e. The summed E-state index contributed by atoms with van der Waals surface area (Å²) in [5.74, 6) is -1.28. The lowest BCUT2D eigenvalue weighted by Gasteiger charge is -2.09. The fourth-order valence-corrected chi connectivity index (χ4v) is 0.845. The van der Waals surface area contributed by atoms with Gasteiger partial charge in [0.1, 0.15) is 5.76 Å². The molecule has 3 heteroatoms. The van der Waals surface area contributed by atoms with Crippen LogP contribution in [-0.2, 0) is 9.59 Å². The Hall–Kier alpha value is -1.38. The van der Waals surface area contributed by atoms with Crippen molar-refractivity contribution >= 4 is 11.6 Å². The van der Waals surface area contributed by atoms with Gasteiger partial charge >= 0.3 is 0 Å². The van der Waals surface area contributed by atoms with Gasteiger partial charge in [0.2, 0.25) is 11.6 Å². The molecule has 0 atom stereocenters. The van der Waals surface area contributed by atoms with Crippen molar-refractivity contribution in [3.05, 3.63) is 23.0 Å². The second-order valence-corrected chi connectivity index (χ2v) is 2.47. The predicted molar refractivity (Wildman–Crippen MR) is 39.1 cm³/mol. The van der Waals surface area contributed by atoms with E-state index in [-0.39, 0.29) is 5.76 Å². The number of aliphatic hydroxyl groups excluding tert-OH is 1. The van der Waals surface area contributed by atoms with E-state index in [9.17, 15) is 9.59 Å². The minimum atomic E-state index is -0.648. The zero-order valence-corrected chi connectivity index (χ0v) is 6.34. The van der Waals surface area contributed by atoms with Crippen LogP contribution < -0.4 is 0 Å². The molecule has 1 rings (SSSR count). The van der Waals surface area contributed by atoms with Crippen LogP contribution in [-0.4, -0.2) is 16.7 Å². The van der Waals surface area contributed by atoms with Gasteiger partial charge in [0.05, 0.1) is 0 Å². The molecule has 0 aliphatic heterocycles. The summed E-state index contributed by atoms with van der Waals surface area (Å²) in [4.78, 5) is 21.7. The molecular formula is C8H8O3. The third kappa shape index (κ3) is 1.09. The number of carbonyl (C=O) groups is 2. The second kappa shape index (κ2) is 2.34. The molecule has 11 heavy (non-hydrogen) atoms. The molecular weight excluding hydrogens is 144 g/mol. The molecule has 3 nitrogen and oxygen atoms in total. The van der Waals surface area contributed by atoms with E-state index >= 15 is 0 Å². The van der Waals surface area contributed by atoms with Crippen molar-refractivity contribution in [3.8, 4) is 0 Å². The van der Waals surface area contributed by atoms with E-state index in [2.05, 4.69) is 0 Å². The van der Waals surface area contributed by atoms with Crippen LogP contribution in [0.4, 0.5) is 0 Å². The van der Waals surface area contributed by atoms with Crippen molar-refractivity contribution in [2.75, 3.05) is 0 Å². The van der Waals surface area contributed by atoms with Gasteiger partial charge in [-0.2, -0.15) is 0 Å². The van der Waals surface area contributed by atoms with Crippen LogP contribution in [0.5, 0.6) is 0 Å². The van der Waals surface area contributed by atoms with Gasteiger partial charge < -0.3 is 5.11 Å². The van der Waals surface area contributed by atoms with Crippen molar-refractivity contribution < 1.29 is 14.7 Å². The number of hydrogen-bond acceptors (Lipinski definition) is 3. The topological polar surface area (TPSA) is 54.4 Å². The minimum Gasteiger partial charge on any atom is -0.508 e. The molecule has 0 saturated heterocycles. The van der Waals surface area contributed by atoms with Gasteiger partial charge in [-0.15, -0.1) is 0 Å². The summed E-state index contributed by atoms with van der Waals surface area (Å²) >= 11 is 0. The Morgan fingerprint density at radius 2 is 1.73 bits per heavy atom. The van der Waals surface area contributed by atoms with Crippen LogP contribution in [0.15, 0.2) is 23.0 Å². The summed E-state index contributed by atoms with van der Waals surface area (Å²) in [7, 11) is 0. The quantitative estimate of drug-likeness (QED) is 0.414. The number of carbonyl (C=O) groups excluding carboxylic acids is 2. The molecule has 0 aromatic carbocycles. The zero-order chi connectivity index (χ0) is 8.59. The van der Waals surface area contributed by atoms with Crippen molar-refractivity contribution in [1.29, 1.82) is 0 Å². The fourth-order valence-electron chi connectivity index (χ4n) is 0.845. The van der Waals surface area contributed by atoms with E-state index < -0.39 is 11.6 Å². The lowest BCUT2D eigenvalue weighted by Crippen LogP contribution is -2.18. The molecule has 0 unspecified atom stereocenters. The Balaban J connectivity index is 3.22. The Morgan fingerprint density at radius 1 is 1.18 bits per heavy atom. The maximum atomic E-state index is 10.9. The number of ketones is 2. The lowest BCUT2D eigenvalue weighted by molar-refractivity contribution is -0.131. The fraction of sp³-hybridized carbons (Fsp3) is 0.250. The monoisotopic (exact) mass is 152 g/mol. The molecule has 0 fully saturated rings. The zero-order valence-electron chi connectivity index (χ0n) is 6.34. The van der Waals surface area contributed by atoms with Crippen LogP contribution >= 0.6 is 0 Å². The van der Waals surface area contributed by atoms with Crippen LogP contribution in [0, 0.1) is 0 Å². The summed E-state index contributed by atoms with van der Waals surface area (Å²) in [6, 6.07) is 0. The van der Waals surface area contributed by atoms with E-state index in [1.807, 2.05) is 0 Å². The number of aliphatic hydroxyl groups is 1. The molecule has 58 valence electrons. The summed E-state index contributed by atoms with van der Waals surface area (Å²) in [6.45, 7) is 3.13. The molecule has 1 aliphatic rings. The summed E-state index contributed by atoms with van der Waals surface area (Å²) in [5.41, 5.74) is 0.810. The maximum absolute atomic E-state index is 10.9. The first-order chi connectivity index (χ1) is 5.04. The van der Waals surface area contributed by atoms with Crippen LogP contribution in [0.1, 0.15) is 13.8 Å². The van der Waals surface area contributed by atoms with Gasteiger partial charge in [0, 0.05) is 11.6 Å². The average molecular weight is 152 g/mol. The molecule has 0 heterocycles. The first kappa shape index (κ1) is 7.72. The predicted octanol–water partition coefficient (Wildman–Crippen LogP) is 0.917. The highest BCUT2D eigenvalue weighted by atomic mass is 16.3. The minimum absolute atomic E-state index is 0.105. The smallest absolute Gasteiger partial charge is 0.229 e. The number of Topliss-reactive ketones (excluding diaryl/α,β-unsaturated/α-hetero) is 1. The third-order valence-electron chi connectivity index (χ3n) is 1.78. The first-order valence-corrected chi connectivity index (χ1v) is 3.21. The van der Waals surface area contributed by atoms with Crippen LogP contribution in [0.3, 0.4) is 0 Å². The van der Waals surface area contributed by atoms with Crippen molar-refractivity contribution in [2.24, 2.45) is 0 Å². The van der Waals surface area contributed by atoms with Crippen LogP contribution in [0.2, 0.25) is 0 Å². The van der Waals surface area contributed by atoms with Gasteiger partial charge in [-0.05, 0) is 19.4 Å². The van der Waals surface area contributed by atoms with Gasteiger partial charge in [-0.1, -0.05) is 0 Å². The molecule has 0 amide bonds. The molecule has 0 spiro atoms. The molecule has 0 aromatic heterocycles. The van der Waals surface area contributed by atoms with Crippen molar-refractivity contribution in [2.45, 2.75) is 13.8 Å². The van der Waals surface area contributed by atoms with E-state index in [0.717, 1.165) is 6.08 Å². The molecule has 0 saturated carbocycles. The van der Waals surface area contributed by atoms with Gasteiger partial charge in [0.25, 0.3) is 0 Å². The highest BCUT2D eigenvalue weighted by molar-refractivity contribution is 6.48. The van der Waals surface area contributed by atoms with Crippen molar-refractivity contribution in [3.63, 3.8) is 0 Å². The van der Waals surface area contributed by atoms with E-state index in [4.69, 9.17) is 5.11 Å². The molecule has 0 bridgehead atoms. The van der Waals surface area contributed by atoms with Gasteiger partial charge in [-0.3, -0.25) is 9.59 Å². The van der Waals surface area contributed by atoms with E-state index in [1.165, 1.54) is 6.92 Å². The third-order valence-corrected chi connectivity index (χ3v) is 1.78. The number of hydrogen-bond donors (Lipinski definition) is 1. The normalized spacial score (nSPS) is 18.9. The van der Waals surface area contributed by atoms with E-state index in [1.54, 1.807) is 6.92 Å². The highest BCUT2D eigenvalue weighted by Crippen LogP contribution is 2.17. The van der Waals surface area contributed by atoms with Gasteiger partial charge in [0.15, 0.2) is 0 Å². The number of allylic oxidation sites excluding steroid dienone is 3. The standard InChI is InChI=1S/C8H8O3/c1-4-5(2)8(11)7(10)3-6(4)9/h3,9H,1-2H3. The Labute approximate surface area is 64.0 Å². The summed E-state index contributed by atoms with van der Waals surface area (Å²) < 4.78 is 0. The Bertz CT molecular complexity index is 294. The first-order valence-electron chi connectivity index (χ1n) is 3.21. The Kier molecular flexibility index (Phi) is 1.64. The lowest BCUT2D eigenvalue weighted by atomic mass is 9.96.